The highest BCUT2D eigenvalue weighted by Crippen LogP contribution is 2.34. The second-order valence-electron chi connectivity index (χ2n) is 7.90. The van der Waals surface area contributed by atoms with Crippen molar-refractivity contribution in [2.45, 2.75) is 6.61 Å². The monoisotopic (exact) mass is 501 g/mol. The van der Waals surface area contributed by atoms with Crippen LogP contribution in [0, 0.1) is 5.82 Å². The van der Waals surface area contributed by atoms with Gasteiger partial charge in [0.25, 0.3) is 5.91 Å². The topological polar surface area (TPSA) is 47.4 Å². The minimum absolute atomic E-state index is 0.130. The quantitative estimate of drug-likeness (QED) is 0.236. The minimum Gasteiger partial charge on any atom is -0.489 e. The first-order valence-corrected chi connectivity index (χ1v) is 12.0. The van der Waals surface area contributed by atoms with E-state index in [0.29, 0.717) is 27.3 Å². The number of thioether (sulfide) groups is 1. The summed E-state index contributed by atoms with van der Waals surface area (Å²) in [5.41, 5.74) is 4.11. The zero-order chi connectivity index (χ0) is 24.4. The Morgan fingerprint density at radius 1 is 1.06 bits per heavy atom. The zero-order valence-corrected chi connectivity index (χ0v) is 20.4. The van der Waals surface area contributed by atoms with Crippen LogP contribution < -0.4 is 4.74 Å². The van der Waals surface area contributed by atoms with Crippen molar-refractivity contribution in [3.8, 4) is 22.7 Å². The lowest BCUT2D eigenvalue weighted by Gasteiger charge is -2.08. The fourth-order valence-corrected chi connectivity index (χ4v) is 4.77. The number of carbonyl (C=O) groups excluding carboxylic acids is 1. The maximum atomic E-state index is 13.2. The second kappa shape index (κ2) is 9.85. The van der Waals surface area contributed by atoms with Crippen LogP contribution in [0.1, 0.15) is 11.1 Å². The molecular formula is C27H20FN3O2S2. The highest BCUT2D eigenvalue weighted by molar-refractivity contribution is 8.26. The van der Waals surface area contributed by atoms with Gasteiger partial charge in [-0.2, -0.15) is 5.10 Å². The molecule has 0 aliphatic carbocycles. The van der Waals surface area contributed by atoms with Gasteiger partial charge in [-0.25, -0.2) is 9.07 Å². The number of likely N-dealkylation sites (N-methyl/N-ethyl adjacent to an activating group) is 1. The van der Waals surface area contributed by atoms with E-state index in [4.69, 9.17) is 22.1 Å². The number of halogens is 1. The molecular weight excluding hydrogens is 481 g/mol. The average molecular weight is 502 g/mol. The summed E-state index contributed by atoms with van der Waals surface area (Å²) in [4.78, 5) is 14.6. The van der Waals surface area contributed by atoms with Crippen molar-refractivity contribution in [2.75, 3.05) is 7.05 Å². The van der Waals surface area contributed by atoms with Gasteiger partial charge in [-0.1, -0.05) is 66.4 Å². The molecule has 0 N–H and O–H groups in total. The fourth-order valence-electron chi connectivity index (χ4n) is 3.60. The summed E-state index contributed by atoms with van der Waals surface area (Å²) >= 11 is 6.56. The SMILES string of the molecule is CN1C(=O)/C(=C/c2cn(-c3ccccc3)nc2-c2cccc(OCc3ccc(F)cc3)c2)SC1=S. The first kappa shape index (κ1) is 23.0. The van der Waals surface area contributed by atoms with Crippen LogP contribution in [0.15, 0.2) is 90.0 Å². The van der Waals surface area contributed by atoms with Crippen molar-refractivity contribution in [2.24, 2.45) is 0 Å². The molecule has 0 bridgehead atoms. The first-order valence-electron chi connectivity index (χ1n) is 10.8. The van der Waals surface area contributed by atoms with Gasteiger partial charge in [0.1, 0.15) is 28.2 Å². The summed E-state index contributed by atoms with van der Waals surface area (Å²) in [6.45, 7) is 0.314. The number of aromatic nitrogens is 2. The molecule has 5 rings (SSSR count). The number of nitrogens with zero attached hydrogens (tertiary/aromatic N) is 3. The lowest BCUT2D eigenvalue weighted by Crippen LogP contribution is -2.22. The number of ether oxygens (including phenoxy) is 1. The normalized spacial score (nSPS) is 14.7. The van der Waals surface area contributed by atoms with Crippen molar-refractivity contribution < 1.29 is 13.9 Å². The summed E-state index contributed by atoms with van der Waals surface area (Å²) in [6, 6.07) is 23.6. The van der Waals surface area contributed by atoms with E-state index in [2.05, 4.69) is 0 Å². The third-order valence-electron chi connectivity index (χ3n) is 5.46. The summed E-state index contributed by atoms with van der Waals surface area (Å²) in [5.74, 6) is 0.249. The number of para-hydroxylation sites is 1. The Labute approximate surface area is 211 Å². The van der Waals surface area contributed by atoms with Gasteiger partial charge in [0, 0.05) is 24.4 Å². The van der Waals surface area contributed by atoms with Crippen molar-refractivity contribution in [3.63, 3.8) is 0 Å². The molecule has 1 aromatic heterocycles. The summed E-state index contributed by atoms with van der Waals surface area (Å²) < 4.78 is 21.4. The third kappa shape index (κ3) is 5.03. The number of benzene rings is 3. The number of thiocarbonyl (C=S) groups is 1. The van der Waals surface area contributed by atoms with Crippen LogP contribution in [-0.4, -0.2) is 32.0 Å². The van der Waals surface area contributed by atoms with Gasteiger partial charge in [0.2, 0.25) is 0 Å². The van der Waals surface area contributed by atoms with Gasteiger partial charge < -0.3 is 4.74 Å². The largest absolute Gasteiger partial charge is 0.489 e. The van der Waals surface area contributed by atoms with Crippen LogP contribution in [0.5, 0.6) is 5.75 Å². The molecule has 1 amide bonds. The molecule has 0 radical (unpaired) electrons. The predicted molar refractivity (Wildman–Crippen MR) is 141 cm³/mol. The molecule has 3 aromatic carbocycles. The molecule has 0 spiro atoms. The highest BCUT2D eigenvalue weighted by Gasteiger charge is 2.29. The second-order valence-corrected chi connectivity index (χ2v) is 9.57. The zero-order valence-electron chi connectivity index (χ0n) is 18.7. The Bertz CT molecular complexity index is 1430. The Morgan fingerprint density at radius 2 is 1.83 bits per heavy atom. The molecule has 5 nitrogen and oxygen atoms in total. The molecule has 35 heavy (non-hydrogen) atoms. The van der Waals surface area contributed by atoms with E-state index in [1.165, 1.54) is 28.8 Å². The van der Waals surface area contributed by atoms with Crippen LogP contribution in [0.4, 0.5) is 4.39 Å². The number of hydrogen-bond acceptors (Lipinski definition) is 5. The smallest absolute Gasteiger partial charge is 0.265 e. The van der Waals surface area contributed by atoms with Crippen LogP contribution in [0.3, 0.4) is 0 Å². The molecule has 4 aromatic rings. The van der Waals surface area contributed by atoms with Crippen LogP contribution in [0.2, 0.25) is 0 Å². The summed E-state index contributed by atoms with van der Waals surface area (Å²) in [5, 5.41) is 4.83. The molecule has 1 fully saturated rings. The molecule has 8 heteroatoms. The Hall–Kier alpha value is -3.75. The molecule has 174 valence electrons. The van der Waals surface area contributed by atoms with Crippen LogP contribution >= 0.6 is 24.0 Å². The number of amides is 1. The van der Waals surface area contributed by atoms with Crippen molar-refractivity contribution >= 4 is 40.3 Å². The number of carbonyl (C=O) groups is 1. The van der Waals surface area contributed by atoms with Gasteiger partial charge in [0.05, 0.1) is 10.6 Å². The average Bonchev–Trinajstić information content (AvgIpc) is 3.41. The van der Waals surface area contributed by atoms with Gasteiger partial charge in [-0.05, 0) is 48.0 Å². The molecule has 2 heterocycles. The van der Waals surface area contributed by atoms with E-state index < -0.39 is 0 Å². The Kier molecular flexibility index (Phi) is 6.48. The van der Waals surface area contributed by atoms with Crippen LogP contribution in [-0.2, 0) is 11.4 Å². The van der Waals surface area contributed by atoms with Crippen LogP contribution in [0.25, 0.3) is 23.0 Å². The molecule has 1 saturated heterocycles. The number of hydrogen-bond donors (Lipinski definition) is 0. The van der Waals surface area contributed by atoms with Gasteiger partial charge >= 0.3 is 0 Å². The predicted octanol–water partition coefficient (Wildman–Crippen LogP) is 6.09. The molecule has 0 saturated carbocycles. The highest BCUT2D eigenvalue weighted by atomic mass is 32.2. The van der Waals surface area contributed by atoms with Crippen molar-refractivity contribution in [3.05, 3.63) is 107 Å². The molecule has 1 aliphatic heterocycles. The van der Waals surface area contributed by atoms with E-state index in [9.17, 15) is 9.18 Å². The van der Waals surface area contributed by atoms with E-state index in [0.717, 1.165) is 22.4 Å². The minimum atomic E-state index is -0.280. The Morgan fingerprint density at radius 3 is 2.54 bits per heavy atom. The van der Waals surface area contributed by atoms with E-state index in [-0.39, 0.29) is 11.7 Å². The van der Waals surface area contributed by atoms with Gasteiger partial charge in [-0.3, -0.25) is 9.69 Å². The van der Waals surface area contributed by atoms with Gasteiger partial charge in [-0.15, -0.1) is 0 Å². The molecule has 0 unspecified atom stereocenters. The number of rotatable bonds is 6. The lowest BCUT2D eigenvalue weighted by molar-refractivity contribution is -0.121. The standard InChI is InChI=1S/C27H20FN3O2S2/c1-30-26(32)24(35-27(30)34)15-20-16-31(22-7-3-2-4-8-22)29-25(20)19-6-5-9-23(14-19)33-17-18-10-12-21(28)13-11-18/h2-16H,17H2,1H3/b24-15-. The van der Waals surface area contributed by atoms with Crippen molar-refractivity contribution in [1.82, 2.24) is 14.7 Å². The van der Waals surface area contributed by atoms with E-state index >= 15 is 0 Å². The maximum absolute atomic E-state index is 13.2. The molecule has 1 aliphatic rings. The Balaban J connectivity index is 1.50. The van der Waals surface area contributed by atoms with E-state index in [1.54, 1.807) is 23.9 Å². The third-order valence-corrected chi connectivity index (χ3v) is 6.95. The first-order chi connectivity index (χ1) is 17.0. The van der Waals surface area contributed by atoms with Gasteiger partial charge in [0.15, 0.2) is 0 Å². The lowest BCUT2D eigenvalue weighted by atomic mass is 10.1. The van der Waals surface area contributed by atoms with E-state index in [1.807, 2.05) is 66.9 Å². The maximum Gasteiger partial charge on any atom is 0.265 e. The molecule has 0 atom stereocenters. The summed E-state index contributed by atoms with van der Waals surface area (Å²) in [6.07, 6.45) is 3.73. The summed E-state index contributed by atoms with van der Waals surface area (Å²) in [7, 11) is 1.68. The fraction of sp³-hybridized carbons (Fsp3) is 0.0741. The van der Waals surface area contributed by atoms with Crippen molar-refractivity contribution in [1.29, 1.82) is 0 Å².